The highest BCUT2D eigenvalue weighted by molar-refractivity contribution is 5.81. The van der Waals surface area contributed by atoms with Gasteiger partial charge in [-0.3, -0.25) is 4.79 Å². The minimum Gasteiger partial charge on any atom is -0.487 e. The van der Waals surface area contributed by atoms with Crippen LogP contribution >= 0.6 is 0 Å². The molecule has 156 valence electrons. The number of aryl methyl sites for hydroxylation is 2. The largest absolute Gasteiger partial charge is 0.487 e. The number of carbonyl (C=O) groups is 1. The molecule has 2 atom stereocenters. The molecule has 1 aliphatic rings. The van der Waals surface area contributed by atoms with E-state index in [1.165, 1.54) is 5.56 Å². The zero-order chi connectivity index (χ0) is 21.2. The van der Waals surface area contributed by atoms with E-state index >= 15 is 0 Å². The summed E-state index contributed by atoms with van der Waals surface area (Å²) in [7, 11) is 0. The monoisotopic (exact) mass is 395 g/mol. The summed E-state index contributed by atoms with van der Waals surface area (Å²) in [5.41, 5.74) is 4.16. The predicted molar refractivity (Wildman–Crippen MR) is 117 cm³/mol. The van der Waals surface area contributed by atoms with Crippen molar-refractivity contribution in [2.75, 3.05) is 0 Å². The second kappa shape index (κ2) is 8.48. The van der Waals surface area contributed by atoms with Gasteiger partial charge in [-0.05, 0) is 69.4 Å². The zero-order valence-electron chi connectivity index (χ0n) is 18.5. The molecule has 0 aliphatic carbocycles. The maximum Gasteiger partial charge on any atom is 0.261 e. The number of para-hydroxylation sites is 1. The van der Waals surface area contributed by atoms with Crippen molar-refractivity contribution in [1.82, 2.24) is 5.32 Å². The third-order valence-corrected chi connectivity index (χ3v) is 6.24. The Labute approximate surface area is 174 Å². The number of hydrogen-bond donors (Lipinski definition) is 1. The minimum atomic E-state index is -0.581. The first kappa shape index (κ1) is 21.2. The smallest absolute Gasteiger partial charge is 0.261 e. The molecule has 0 fully saturated rings. The van der Waals surface area contributed by atoms with Crippen LogP contribution < -0.4 is 14.8 Å². The topological polar surface area (TPSA) is 47.6 Å². The lowest BCUT2D eigenvalue weighted by molar-refractivity contribution is -0.128. The van der Waals surface area contributed by atoms with E-state index in [1.54, 1.807) is 0 Å². The van der Waals surface area contributed by atoms with E-state index in [4.69, 9.17) is 9.47 Å². The normalized spacial score (nSPS) is 18.3. The summed E-state index contributed by atoms with van der Waals surface area (Å²) in [5.74, 6) is 1.53. The van der Waals surface area contributed by atoms with Gasteiger partial charge >= 0.3 is 0 Å². The van der Waals surface area contributed by atoms with Crippen molar-refractivity contribution < 1.29 is 14.3 Å². The van der Waals surface area contributed by atoms with Gasteiger partial charge in [0.25, 0.3) is 5.91 Å². The number of amides is 1. The van der Waals surface area contributed by atoms with E-state index in [0.717, 1.165) is 47.5 Å². The summed E-state index contributed by atoms with van der Waals surface area (Å²) in [6.07, 6.45) is 1.98. The van der Waals surface area contributed by atoms with Crippen LogP contribution in [0.4, 0.5) is 0 Å². The second-order valence-corrected chi connectivity index (χ2v) is 8.26. The van der Waals surface area contributed by atoms with Gasteiger partial charge in [-0.1, -0.05) is 38.1 Å². The standard InChI is InChI=1S/C25H33NO3/c1-7-25(8-2)15-21(20-11-9-10-12-22(20)29-25)26-24(27)19(6)28-23-14-16(3)13-17(4)18(23)5/h9-14,19,21H,7-8,15H2,1-6H3,(H,26,27)/t19-,21-/m0/s1. The lowest BCUT2D eigenvalue weighted by atomic mass is 9.83. The number of carbonyl (C=O) groups excluding carboxylic acids is 1. The molecule has 0 aromatic heterocycles. The Morgan fingerprint density at radius 3 is 2.59 bits per heavy atom. The van der Waals surface area contributed by atoms with Crippen LogP contribution in [0.25, 0.3) is 0 Å². The van der Waals surface area contributed by atoms with Crippen LogP contribution in [0.3, 0.4) is 0 Å². The summed E-state index contributed by atoms with van der Waals surface area (Å²) >= 11 is 0. The lowest BCUT2D eigenvalue weighted by Gasteiger charge is -2.42. The molecule has 1 aliphatic heterocycles. The SMILES string of the molecule is CCC1(CC)C[C@H](NC(=O)[C@H](C)Oc2cc(C)cc(C)c2C)c2ccccc2O1. The van der Waals surface area contributed by atoms with Crippen LogP contribution in [0.1, 0.15) is 68.3 Å². The Morgan fingerprint density at radius 2 is 1.90 bits per heavy atom. The van der Waals surface area contributed by atoms with Gasteiger partial charge in [-0.15, -0.1) is 0 Å². The van der Waals surface area contributed by atoms with E-state index in [0.29, 0.717) is 0 Å². The van der Waals surface area contributed by atoms with Gasteiger partial charge in [0, 0.05) is 12.0 Å². The molecule has 0 unspecified atom stereocenters. The van der Waals surface area contributed by atoms with E-state index in [9.17, 15) is 4.79 Å². The average Bonchev–Trinajstić information content (AvgIpc) is 2.71. The minimum absolute atomic E-state index is 0.0845. The van der Waals surface area contributed by atoms with Gasteiger partial charge in [-0.2, -0.15) is 0 Å². The Hall–Kier alpha value is -2.49. The summed E-state index contributed by atoms with van der Waals surface area (Å²) in [4.78, 5) is 13.0. The first-order valence-electron chi connectivity index (χ1n) is 10.6. The van der Waals surface area contributed by atoms with Crippen molar-refractivity contribution in [2.45, 2.75) is 78.6 Å². The van der Waals surface area contributed by atoms with E-state index in [1.807, 2.05) is 51.1 Å². The van der Waals surface area contributed by atoms with Crippen LogP contribution in [0.2, 0.25) is 0 Å². The number of benzene rings is 2. The van der Waals surface area contributed by atoms with E-state index < -0.39 is 6.10 Å². The molecule has 2 aromatic carbocycles. The van der Waals surface area contributed by atoms with Crippen LogP contribution in [-0.4, -0.2) is 17.6 Å². The van der Waals surface area contributed by atoms with Gasteiger partial charge in [0.1, 0.15) is 17.1 Å². The second-order valence-electron chi connectivity index (χ2n) is 8.26. The van der Waals surface area contributed by atoms with Crippen molar-refractivity contribution in [3.05, 3.63) is 58.7 Å². The molecule has 0 saturated heterocycles. The molecule has 3 rings (SSSR count). The van der Waals surface area contributed by atoms with Crippen molar-refractivity contribution in [3.63, 3.8) is 0 Å². The summed E-state index contributed by atoms with van der Waals surface area (Å²) < 4.78 is 12.4. The fraction of sp³-hybridized carbons (Fsp3) is 0.480. The predicted octanol–water partition coefficient (Wildman–Crippen LogP) is 5.58. The Morgan fingerprint density at radius 1 is 1.21 bits per heavy atom. The molecule has 2 aromatic rings. The third-order valence-electron chi connectivity index (χ3n) is 6.24. The van der Waals surface area contributed by atoms with Crippen LogP contribution in [0.15, 0.2) is 36.4 Å². The zero-order valence-corrected chi connectivity index (χ0v) is 18.5. The molecule has 29 heavy (non-hydrogen) atoms. The maximum atomic E-state index is 13.0. The highest BCUT2D eigenvalue weighted by atomic mass is 16.5. The number of nitrogens with one attached hydrogen (secondary N) is 1. The van der Waals surface area contributed by atoms with Crippen molar-refractivity contribution in [1.29, 1.82) is 0 Å². The molecule has 0 bridgehead atoms. The quantitative estimate of drug-likeness (QED) is 0.695. The first-order valence-corrected chi connectivity index (χ1v) is 10.6. The Kier molecular flexibility index (Phi) is 6.21. The van der Waals surface area contributed by atoms with Gasteiger partial charge < -0.3 is 14.8 Å². The number of ether oxygens (including phenoxy) is 2. The Bertz CT molecular complexity index is 886. The molecular weight excluding hydrogens is 362 g/mol. The number of fused-ring (bicyclic) bond motifs is 1. The Balaban J connectivity index is 1.79. The highest BCUT2D eigenvalue weighted by Crippen LogP contribution is 2.42. The van der Waals surface area contributed by atoms with Crippen LogP contribution in [0.5, 0.6) is 11.5 Å². The average molecular weight is 396 g/mol. The fourth-order valence-corrected chi connectivity index (χ4v) is 4.09. The van der Waals surface area contributed by atoms with E-state index in [2.05, 4.69) is 32.2 Å². The van der Waals surface area contributed by atoms with Gasteiger partial charge in [0.15, 0.2) is 6.10 Å². The molecule has 4 nitrogen and oxygen atoms in total. The fourth-order valence-electron chi connectivity index (χ4n) is 4.09. The van der Waals surface area contributed by atoms with Crippen LogP contribution in [-0.2, 0) is 4.79 Å². The summed E-state index contributed by atoms with van der Waals surface area (Å²) in [5, 5.41) is 3.22. The lowest BCUT2D eigenvalue weighted by Crippen LogP contribution is -2.47. The van der Waals surface area contributed by atoms with Gasteiger partial charge in [0.2, 0.25) is 0 Å². The maximum absolute atomic E-state index is 13.0. The molecule has 1 N–H and O–H groups in total. The third kappa shape index (κ3) is 4.42. The van der Waals surface area contributed by atoms with E-state index in [-0.39, 0.29) is 17.6 Å². The summed E-state index contributed by atoms with van der Waals surface area (Å²) in [6.45, 7) is 12.2. The van der Waals surface area contributed by atoms with Crippen molar-refractivity contribution in [2.24, 2.45) is 0 Å². The molecule has 0 saturated carbocycles. The highest BCUT2D eigenvalue weighted by Gasteiger charge is 2.39. The molecule has 4 heteroatoms. The molecule has 1 heterocycles. The number of rotatable bonds is 6. The van der Waals surface area contributed by atoms with Crippen LogP contribution in [0, 0.1) is 20.8 Å². The van der Waals surface area contributed by atoms with Gasteiger partial charge in [-0.25, -0.2) is 0 Å². The molecule has 0 radical (unpaired) electrons. The molecular formula is C25H33NO3. The van der Waals surface area contributed by atoms with Gasteiger partial charge in [0.05, 0.1) is 6.04 Å². The van der Waals surface area contributed by atoms with Crippen molar-refractivity contribution in [3.8, 4) is 11.5 Å². The molecule has 1 amide bonds. The first-order chi connectivity index (χ1) is 13.8. The number of hydrogen-bond acceptors (Lipinski definition) is 3. The van der Waals surface area contributed by atoms with Crippen molar-refractivity contribution >= 4 is 5.91 Å². The summed E-state index contributed by atoms with van der Waals surface area (Å²) in [6, 6.07) is 12.0. The molecule has 0 spiro atoms.